The summed E-state index contributed by atoms with van der Waals surface area (Å²) in [6.07, 6.45) is -0.499. The molecule has 0 aliphatic carbocycles. The Morgan fingerprint density at radius 2 is 1.13 bits per heavy atom. The van der Waals surface area contributed by atoms with Crippen LogP contribution in [0.1, 0.15) is 16.7 Å². The average molecular weight is 416 g/mol. The van der Waals surface area contributed by atoms with Crippen molar-refractivity contribution >= 4 is 12.2 Å². The predicted octanol–water partition coefficient (Wildman–Crippen LogP) is 4.80. The lowest BCUT2D eigenvalue weighted by molar-refractivity contribution is -0.122. The Balaban J connectivity index is 1.41. The van der Waals surface area contributed by atoms with E-state index in [4.69, 9.17) is 9.47 Å². The summed E-state index contributed by atoms with van der Waals surface area (Å²) in [5.74, 6) is 0. The van der Waals surface area contributed by atoms with Crippen LogP contribution in [0.15, 0.2) is 91.0 Å². The smallest absolute Gasteiger partial charge is 0.429 e. The molecule has 1 fully saturated rings. The van der Waals surface area contributed by atoms with Crippen molar-refractivity contribution < 1.29 is 19.1 Å². The van der Waals surface area contributed by atoms with Crippen molar-refractivity contribution in [3.05, 3.63) is 108 Å². The number of hydrogen-bond acceptors (Lipinski definition) is 4. The highest BCUT2D eigenvalue weighted by atomic mass is 16.6. The Kier molecular flexibility index (Phi) is 6.47. The molecule has 158 valence electrons. The first kappa shape index (κ1) is 20.5. The summed E-state index contributed by atoms with van der Waals surface area (Å²) in [4.78, 5) is 25.5. The fraction of sp³-hybridized carbons (Fsp3) is 0.200. The lowest BCUT2D eigenvalue weighted by atomic mass is 10.0. The number of rotatable bonds is 6. The van der Waals surface area contributed by atoms with Gasteiger partial charge in [-0.2, -0.15) is 0 Å². The van der Waals surface area contributed by atoms with Gasteiger partial charge in [-0.05, 0) is 23.1 Å². The van der Waals surface area contributed by atoms with Crippen LogP contribution in [0.2, 0.25) is 0 Å². The van der Waals surface area contributed by atoms with Crippen LogP contribution < -0.4 is 0 Å². The standard InChI is InChI=1S/C25H24N2O4/c28-24(30-18-21-12-6-2-7-13-21)26-17-23(16-20-10-4-1-5-11-20)27(26)25(29)31-19-22-14-8-3-9-15-22/h1-15,23H,16-19H2. The molecule has 1 unspecified atom stereocenters. The summed E-state index contributed by atoms with van der Waals surface area (Å²) < 4.78 is 10.9. The van der Waals surface area contributed by atoms with Gasteiger partial charge in [0.05, 0.1) is 12.6 Å². The van der Waals surface area contributed by atoms with Crippen LogP contribution in [0.4, 0.5) is 9.59 Å². The third-order valence-corrected chi connectivity index (χ3v) is 5.11. The number of carbonyl (C=O) groups is 2. The topological polar surface area (TPSA) is 59.1 Å². The fourth-order valence-corrected chi connectivity index (χ4v) is 3.49. The van der Waals surface area contributed by atoms with Crippen molar-refractivity contribution in [1.82, 2.24) is 10.0 Å². The zero-order chi connectivity index (χ0) is 21.5. The quantitative estimate of drug-likeness (QED) is 0.579. The SMILES string of the molecule is O=C(OCc1ccccc1)N1CC(Cc2ccccc2)N1C(=O)OCc1ccccc1. The van der Waals surface area contributed by atoms with E-state index in [1.807, 2.05) is 91.0 Å². The van der Waals surface area contributed by atoms with E-state index in [-0.39, 0.29) is 19.3 Å². The summed E-state index contributed by atoms with van der Waals surface area (Å²) in [5.41, 5.74) is 2.86. The molecule has 0 N–H and O–H groups in total. The molecular formula is C25H24N2O4. The van der Waals surface area contributed by atoms with Crippen molar-refractivity contribution in [2.24, 2.45) is 0 Å². The average Bonchev–Trinajstić information content (AvgIpc) is 2.80. The van der Waals surface area contributed by atoms with Gasteiger partial charge in [0.25, 0.3) is 0 Å². The molecule has 6 heteroatoms. The van der Waals surface area contributed by atoms with E-state index in [0.717, 1.165) is 16.7 Å². The van der Waals surface area contributed by atoms with Gasteiger partial charge in [-0.15, -0.1) is 0 Å². The highest BCUT2D eigenvalue weighted by molar-refractivity contribution is 5.76. The van der Waals surface area contributed by atoms with Crippen molar-refractivity contribution in [1.29, 1.82) is 0 Å². The molecule has 1 saturated heterocycles. The lowest BCUT2D eigenvalue weighted by Gasteiger charge is -2.48. The Morgan fingerprint density at radius 3 is 1.65 bits per heavy atom. The van der Waals surface area contributed by atoms with Gasteiger partial charge in [0.15, 0.2) is 0 Å². The van der Waals surface area contributed by atoms with E-state index < -0.39 is 12.2 Å². The van der Waals surface area contributed by atoms with Crippen LogP contribution in [0.5, 0.6) is 0 Å². The molecule has 31 heavy (non-hydrogen) atoms. The second-order valence-electron chi connectivity index (χ2n) is 7.35. The van der Waals surface area contributed by atoms with Crippen LogP contribution in [0.25, 0.3) is 0 Å². The van der Waals surface area contributed by atoms with Gasteiger partial charge in [-0.3, -0.25) is 0 Å². The van der Waals surface area contributed by atoms with Gasteiger partial charge >= 0.3 is 12.2 Å². The predicted molar refractivity (Wildman–Crippen MR) is 116 cm³/mol. The molecule has 0 bridgehead atoms. The number of hydrogen-bond donors (Lipinski definition) is 0. The molecule has 4 rings (SSSR count). The first-order valence-corrected chi connectivity index (χ1v) is 10.2. The molecule has 6 nitrogen and oxygen atoms in total. The van der Waals surface area contributed by atoms with Gasteiger partial charge in [-0.1, -0.05) is 91.0 Å². The van der Waals surface area contributed by atoms with Crippen molar-refractivity contribution in [3.8, 4) is 0 Å². The summed E-state index contributed by atoms with van der Waals surface area (Å²) in [6, 6.07) is 28.6. The fourth-order valence-electron chi connectivity index (χ4n) is 3.49. The molecule has 1 heterocycles. The number of benzene rings is 3. The first-order chi connectivity index (χ1) is 15.2. The Hall–Kier alpha value is -3.80. The molecule has 1 aliphatic heterocycles. The van der Waals surface area contributed by atoms with Gasteiger partial charge in [0.1, 0.15) is 13.2 Å². The Labute approximate surface area is 181 Å². The van der Waals surface area contributed by atoms with Crippen LogP contribution in [0.3, 0.4) is 0 Å². The zero-order valence-electron chi connectivity index (χ0n) is 17.1. The van der Waals surface area contributed by atoms with Gasteiger partial charge in [0.2, 0.25) is 0 Å². The van der Waals surface area contributed by atoms with Gasteiger partial charge in [0, 0.05) is 0 Å². The summed E-state index contributed by atoms with van der Waals surface area (Å²) in [5, 5.41) is 2.67. The minimum absolute atomic E-state index is 0.140. The normalized spacial score (nSPS) is 15.2. The molecule has 1 aliphatic rings. The highest BCUT2D eigenvalue weighted by Gasteiger charge is 2.45. The van der Waals surface area contributed by atoms with E-state index in [1.54, 1.807) is 0 Å². The number of amides is 2. The van der Waals surface area contributed by atoms with E-state index in [2.05, 4.69) is 0 Å². The molecule has 0 radical (unpaired) electrons. The van der Waals surface area contributed by atoms with Crippen molar-refractivity contribution in [2.75, 3.05) is 6.54 Å². The third-order valence-electron chi connectivity index (χ3n) is 5.11. The third kappa shape index (κ3) is 5.22. The minimum Gasteiger partial charge on any atom is -0.443 e. The van der Waals surface area contributed by atoms with Crippen LogP contribution in [-0.4, -0.2) is 34.8 Å². The molecule has 0 aromatic heterocycles. The molecule has 1 atom stereocenters. The Morgan fingerprint density at radius 1 is 0.677 bits per heavy atom. The van der Waals surface area contributed by atoms with Crippen LogP contribution in [0, 0.1) is 0 Å². The number of carbonyl (C=O) groups excluding carboxylic acids is 2. The van der Waals surface area contributed by atoms with Crippen molar-refractivity contribution in [3.63, 3.8) is 0 Å². The number of ether oxygens (including phenoxy) is 2. The maximum absolute atomic E-state index is 12.8. The summed E-state index contributed by atoms with van der Waals surface area (Å²) in [6.45, 7) is 0.677. The Bertz CT molecular complexity index is 996. The molecule has 2 amide bonds. The van der Waals surface area contributed by atoms with Crippen LogP contribution in [-0.2, 0) is 29.1 Å². The lowest BCUT2D eigenvalue weighted by Crippen LogP contribution is -2.68. The minimum atomic E-state index is -0.565. The highest BCUT2D eigenvalue weighted by Crippen LogP contribution is 2.25. The monoisotopic (exact) mass is 416 g/mol. The van der Waals surface area contributed by atoms with E-state index in [9.17, 15) is 9.59 Å². The van der Waals surface area contributed by atoms with Crippen molar-refractivity contribution in [2.45, 2.75) is 25.7 Å². The largest absolute Gasteiger partial charge is 0.443 e. The summed E-state index contributed by atoms with van der Waals surface area (Å²) in [7, 11) is 0. The van der Waals surface area contributed by atoms with Crippen LogP contribution >= 0.6 is 0 Å². The first-order valence-electron chi connectivity index (χ1n) is 10.2. The molecular weight excluding hydrogens is 392 g/mol. The second-order valence-corrected chi connectivity index (χ2v) is 7.35. The number of nitrogens with zero attached hydrogens (tertiary/aromatic N) is 2. The van der Waals surface area contributed by atoms with E-state index in [1.165, 1.54) is 10.0 Å². The zero-order valence-corrected chi connectivity index (χ0v) is 17.1. The molecule has 3 aromatic carbocycles. The molecule has 3 aromatic rings. The molecule has 0 saturated carbocycles. The van der Waals surface area contributed by atoms with Gasteiger partial charge in [-0.25, -0.2) is 19.6 Å². The second kappa shape index (κ2) is 9.80. The number of hydrazine groups is 1. The van der Waals surface area contributed by atoms with Gasteiger partial charge < -0.3 is 9.47 Å². The summed E-state index contributed by atoms with van der Waals surface area (Å²) >= 11 is 0. The van der Waals surface area contributed by atoms with E-state index >= 15 is 0 Å². The maximum Gasteiger partial charge on any atom is 0.429 e. The van der Waals surface area contributed by atoms with E-state index in [0.29, 0.717) is 13.0 Å². The molecule has 0 spiro atoms. The maximum atomic E-state index is 12.8.